The Morgan fingerprint density at radius 3 is 2.69 bits per heavy atom. The molecule has 5 nitrogen and oxygen atoms in total. The van der Waals surface area contributed by atoms with Gasteiger partial charge < -0.3 is 14.8 Å². The fraction of sp³-hybridized carbons (Fsp3) is 0.556. The maximum absolute atomic E-state index is 12.2. The predicted molar refractivity (Wildman–Crippen MR) is 91.2 cm³/mol. The molecule has 2 fully saturated rings. The molecule has 0 spiro atoms. The molecule has 0 radical (unpaired) electrons. The molecule has 3 atom stereocenters. The maximum atomic E-state index is 12.2. The topological polar surface area (TPSA) is 64.6 Å². The summed E-state index contributed by atoms with van der Waals surface area (Å²) >= 11 is 5.82. The molecule has 2 bridgehead atoms. The quantitative estimate of drug-likeness (QED) is 0.710. The summed E-state index contributed by atoms with van der Waals surface area (Å²) in [6, 6.07) is 3.89. The highest BCUT2D eigenvalue weighted by Crippen LogP contribution is 2.49. The van der Waals surface area contributed by atoms with Crippen LogP contribution < -0.4 is 10.1 Å². The van der Waals surface area contributed by atoms with Gasteiger partial charge in [0.15, 0.2) is 6.61 Å². The van der Waals surface area contributed by atoms with Gasteiger partial charge in [-0.05, 0) is 55.2 Å². The second-order valence-corrected chi connectivity index (χ2v) is 7.28. The molecule has 0 aromatic heterocycles. The van der Waals surface area contributed by atoms with Crippen molar-refractivity contribution in [1.82, 2.24) is 0 Å². The number of carbonyl (C=O) groups excluding carboxylic acids is 2. The SMILES string of the molecule is O=C(COC(=O)CC1CC2CCC1C2)Nc1ccc(OC(F)F)c(Cl)c1. The van der Waals surface area contributed by atoms with Crippen molar-refractivity contribution in [2.24, 2.45) is 17.8 Å². The first kappa shape index (κ1) is 18.9. The smallest absolute Gasteiger partial charge is 0.387 e. The van der Waals surface area contributed by atoms with Crippen molar-refractivity contribution in [2.75, 3.05) is 11.9 Å². The first-order valence-corrected chi connectivity index (χ1v) is 8.98. The summed E-state index contributed by atoms with van der Waals surface area (Å²) in [7, 11) is 0. The number of amides is 1. The molecule has 1 amide bonds. The lowest BCUT2D eigenvalue weighted by molar-refractivity contribution is -0.148. The summed E-state index contributed by atoms with van der Waals surface area (Å²) in [4.78, 5) is 23.8. The van der Waals surface area contributed by atoms with Crippen LogP contribution in [0.25, 0.3) is 0 Å². The van der Waals surface area contributed by atoms with E-state index in [4.69, 9.17) is 16.3 Å². The lowest BCUT2D eigenvalue weighted by Gasteiger charge is -2.20. The molecule has 3 unspecified atom stereocenters. The molecular formula is C18H20ClF2NO4. The van der Waals surface area contributed by atoms with Crippen molar-refractivity contribution in [3.8, 4) is 5.75 Å². The molecule has 0 saturated heterocycles. The standard InChI is InChI=1S/C18H20ClF2NO4/c19-14-8-13(3-4-15(14)26-18(20)21)22-16(23)9-25-17(24)7-12-6-10-1-2-11(12)5-10/h3-4,8,10-12,18H,1-2,5-7,9H2,(H,22,23). The van der Waals surface area contributed by atoms with Gasteiger partial charge in [0.1, 0.15) is 5.75 Å². The Bertz CT molecular complexity index is 685. The molecule has 1 aromatic carbocycles. The Morgan fingerprint density at radius 2 is 2.08 bits per heavy atom. The molecule has 2 aliphatic rings. The van der Waals surface area contributed by atoms with Gasteiger partial charge in [-0.25, -0.2) is 0 Å². The van der Waals surface area contributed by atoms with E-state index in [-0.39, 0.29) is 16.7 Å². The van der Waals surface area contributed by atoms with Crippen LogP contribution in [-0.4, -0.2) is 25.1 Å². The van der Waals surface area contributed by atoms with Gasteiger partial charge in [-0.15, -0.1) is 0 Å². The molecule has 26 heavy (non-hydrogen) atoms. The van der Waals surface area contributed by atoms with Crippen molar-refractivity contribution < 1.29 is 27.8 Å². The minimum absolute atomic E-state index is 0.0589. The van der Waals surface area contributed by atoms with Crippen LogP contribution in [0.3, 0.4) is 0 Å². The Labute approximate surface area is 155 Å². The summed E-state index contributed by atoms with van der Waals surface area (Å²) < 4.78 is 33.6. The molecule has 0 heterocycles. The van der Waals surface area contributed by atoms with E-state index in [2.05, 4.69) is 10.1 Å². The summed E-state index contributed by atoms with van der Waals surface area (Å²) in [5.41, 5.74) is 0.297. The van der Waals surface area contributed by atoms with Gasteiger partial charge in [-0.2, -0.15) is 8.78 Å². The normalized spacial score (nSPS) is 23.9. The van der Waals surface area contributed by atoms with E-state index in [1.54, 1.807) is 0 Å². The molecular weight excluding hydrogens is 368 g/mol. The van der Waals surface area contributed by atoms with Gasteiger partial charge in [0.25, 0.3) is 5.91 Å². The van der Waals surface area contributed by atoms with Gasteiger partial charge >= 0.3 is 12.6 Å². The van der Waals surface area contributed by atoms with Crippen molar-refractivity contribution in [3.63, 3.8) is 0 Å². The lowest BCUT2D eigenvalue weighted by atomic mass is 9.86. The highest BCUT2D eigenvalue weighted by atomic mass is 35.5. The third-order valence-corrected chi connectivity index (χ3v) is 5.40. The second-order valence-electron chi connectivity index (χ2n) is 6.87. The molecule has 2 aliphatic carbocycles. The maximum Gasteiger partial charge on any atom is 0.387 e. The molecule has 3 rings (SSSR count). The summed E-state index contributed by atoms with van der Waals surface area (Å²) in [6.45, 7) is -3.38. The average Bonchev–Trinajstić information content (AvgIpc) is 3.18. The van der Waals surface area contributed by atoms with E-state index >= 15 is 0 Å². The zero-order valence-electron chi connectivity index (χ0n) is 14.1. The fourth-order valence-electron chi connectivity index (χ4n) is 4.01. The van der Waals surface area contributed by atoms with Crippen LogP contribution in [0.4, 0.5) is 14.5 Å². The number of halogens is 3. The highest BCUT2D eigenvalue weighted by Gasteiger charge is 2.40. The van der Waals surface area contributed by atoms with E-state index in [0.29, 0.717) is 23.9 Å². The number of ether oxygens (including phenoxy) is 2. The number of alkyl halides is 2. The highest BCUT2D eigenvalue weighted by molar-refractivity contribution is 6.32. The second kappa shape index (κ2) is 8.20. The van der Waals surface area contributed by atoms with Crippen LogP contribution in [0.2, 0.25) is 5.02 Å². The number of fused-ring (bicyclic) bond motifs is 2. The van der Waals surface area contributed by atoms with E-state index in [9.17, 15) is 18.4 Å². The minimum atomic E-state index is -2.98. The number of esters is 1. The third-order valence-electron chi connectivity index (χ3n) is 5.11. The number of carbonyl (C=O) groups is 2. The van der Waals surface area contributed by atoms with Crippen LogP contribution in [0.15, 0.2) is 18.2 Å². The third kappa shape index (κ3) is 4.84. The van der Waals surface area contributed by atoms with Crippen LogP contribution in [-0.2, 0) is 14.3 Å². The van der Waals surface area contributed by atoms with E-state index in [1.165, 1.54) is 37.5 Å². The summed E-state index contributed by atoms with van der Waals surface area (Å²) in [5, 5.41) is 2.44. The van der Waals surface area contributed by atoms with Crippen molar-refractivity contribution >= 4 is 29.2 Å². The first-order valence-electron chi connectivity index (χ1n) is 8.60. The zero-order valence-corrected chi connectivity index (χ0v) is 14.8. The van der Waals surface area contributed by atoms with E-state index < -0.39 is 19.1 Å². The zero-order chi connectivity index (χ0) is 18.7. The van der Waals surface area contributed by atoms with Crippen LogP contribution >= 0.6 is 11.6 Å². The summed E-state index contributed by atoms with van der Waals surface area (Å²) in [6.07, 6.45) is 5.11. The molecule has 1 aromatic rings. The van der Waals surface area contributed by atoms with Crippen molar-refractivity contribution in [1.29, 1.82) is 0 Å². The Hall–Kier alpha value is -1.89. The van der Waals surface area contributed by atoms with Crippen molar-refractivity contribution in [3.05, 3.63) is 23.2 Å². The lowest BCUT2D eigenvalue weighted by Crippen LogP contribution is -2.23. The van der Waals surface area contributed by atoms with Gasteiger partial charge in [-0.1, -0.05) is 18.0 Å². The summed E-state index contributed by atoms with van der Waals surface area (Å²) in [5.74, 6) is 0.684. The van der Waals surface area contributed by atoms with Gasteiger partial charge in [0, 0.05) is 12.1 Å². The molecule has 142 valence electrons. The van der Waals surface area contributed by atoms with Gasteiger partial charge in [0.2, 0.25) is 0 Å². The predicted octanol–water partition coefficient (Wildman–Crippen LogP) is 4.25. The van der Waals surface area contributed by atoms with Crippen LogP contribution in [0.1, 0.15) is 32.1 Å². The Balaban J connectivity index is 1.42. The number of hydrogen-bond acceptors (Lipinski definition) is 4. The van der Waals surface area contributed by atoms with E-state index in [0.717, 1.165) is 12.3 Å². The molecule has 1 N–H and O–H groups in total. The van der Waals surface area contributed by atoms with Crippen molar-refractivity contribution in [2.45, 2.75) is 38.7 Å². The Morgan fingerprint density at radius 1 is 1.27 bits per heavy atom. The largest absolute Gasteiger partial charge is 0.456 e. The van der Waals surface area contributed by atoms with Crippen LogP contribution in [0, 0.1) is 17.8 Å². The van der Waals surface area contributed by atoms with E-state index in [1.807, 2.05) is 0 Å². The van der Waals surface area contributed by atoms with Gasteiger partial charge in [-0.3, -0.25) is 9.59 Å². The monoisotopic (exact) mass is 387 g/mol. The number of hydrogen-bond donors (Lipinski definition) is 1. The number of anilines is 1. The number of benzene rings is 1. The molecule has 8 heteroatoms. The first-order chi connectivity index (χ1) is 12.4. The Kier molecular flexibility index (Phi) is 5.96. The molecule has 0 aliphatic heterocycles. The van der Waals surface area contributed by atoms with Crippen LogP contribution in [0.5, 0.6) is 5.75 Å². The fourth-order valence-corrected chi connectivity index (χ4v) is 4.24. The number of nitrogens with one attached hydrogen (secondary N) is 1. The van der Waals surface area contributed by atoms with Gasteiger partial charge in [0.05, 0.1) is 5.02 Å². The average molecular weight is 388 g/mol. The number of rotatable bonds is 7. The minimum Gasteiger partial charge on any atom is -0.456 e. The molecule has 2 saturated carbocycles.